The van der Waals surface area contributed by atoms with Crippen LogP contribution in [-0.4, -0.2) is 49.9 Å². The molecule has 0 spiro atoms. The van der Waals surface area contributed by atoms with E-state index in [9.17, 15) is 8.42 Å². The van der Waals surface area contributed by atoms with Crippen LogP contribution in [-0.2, 0) is 28.4 Å². The molecule has 0 saturated carbocycles. The van der Waals surface area contributed by atoms with Gasteiger partial charge in [-0.1, -0.05) is 12.1 Å². The summed E-state index contributed by atoms with van der Waals surface area (Å²) in [7, 11) is 1.25. The molecular weight excluding hydrogens is 342 g/mol. The highest BCUT2D eigenvalue weighted by molar-refractivity contribution is 7.89. The molecule has 0 unspecified atom stereocenters. The lowest BCUT2D eigenvalue weighted by atomic mass is 10.2. The summed E-state index contributed by atoms with van der Waals surface area (Å²) in [5.74, 6) is 0.698. The molecule has 0 bridgehead atoms. The molecule has 0 amide bonds. The predicted molar refractivity (Wildman–Crippen MR) is 95.0 cm³/mol. The van der Waals surface area contributed by atoms with Crippen molar-refractivity contribution in [2.24, 2.45) is 7.05 Å². The van der Waals surface area contributed by atoms with Gasteiger partial charge in [0, 0.05) is 40.1 Å². The summed E-state index contributed by atoms with van der Waals surface area (Å²) in [6, 6.07) is 7.41. The second-order valence-electron chi connectivity index (χ2n) is 5.79. The molecule has 8 heteroatoms. The van der Waals surface area contributed by atoms with Gasteiger partial charge >= 0.3 is 0 Å². The highest BCUT2D eigenvalue weighted by Crippen LogP contribution is 2.22. The maximum absolute atomic E-state index is 13.1. The van der Waals surface area contributed by atoms with Gasteiger partial charge in [-0.25, -0.2) is 8.42 Å². The number of sulfonamides is 1. The average Bonchev–Trinajstić information content (AvgIpc) is 2.93. The van der Waals surface area contributed by atoms with Crippen molar-refractivity contribution in [3.05, 3.63) is 41.7 Å². The topological polar surface area (TPSA) is 73.7 Å². The molecule has 0 N–H and O–H groups in total. The second kappa shape index (κ2) is 8.46. The first-order chi connectivity index (χ1) is 11.9. The van der Waals surface area contributed by atoms with Crippen molar-refractivity contribution in [1.29, 1.82) is 0 Å². The maximum Gasteiger partial charge on any atom is 0.246 e. The number of nitrogens with zero attached hydrogens (tertiary/aromatic N) is 3. The van der Waals surface area contributed by atoms with Crippen LogP contribution in [0, 0.1) is 6.92 Å². The van der Waals surface area contributed by atoms with Crippen LogP contribution < -0.4 is 4.74 Å². The van der Waals surface area contributed by atoms with Crippen molar-refractivity contribution < 1.29 is 17.9 Å². The monoisotopic (exact) mass is 367 g/mol. The van der Waals surface area contributed by atoms with E-state index in [1.807, 2.05) is 24.3 Å². The minimum absolute atomic E-state index is 0.232. The molecule has 138 valence electrons. The van der Waals surface area contributed by atoms with Gasteiger partial charge in [-0.2, -0.15) is 9.40 Å². The van der Waals surface area contributed by atoms with Gasteiger partial charge in [0.15, 0.2) is 0 Å². The molecule has 1 heterocycles. The molecule has 2 rings (SSSR count). The van der Waals surface area contributed by atoms with Crippen molar-refractivity contribution in [1.82, 2.24) is 14.1 Å². The number of ether oxygens (including phenoxy) is 2. The van der Waals surface area contributed by atoms with E-state index in [0.29, 0.717) is 31.0 Å². The lowest BCUT2D eigenvalue weighted by molar-refractivity contribution is 0.186. The zero-order valence-corrected chi connectivity index (χ0v) is 15.9. The molecule has 0 saturated heterocycles. The molecular formula is C17H25N3O4S. The quantitative estimate of drug-likeness (QED) is 0.634. The fourth-order valence-electron chi connectivity index (χ4n) is 2.61. The molecule has 0 aliphatic heterocycles. The van der Waals surface area contributed by atoms with Crippen LogP contribution >= 0.6 is 0 Å². The van der Waals surface area contributed by atoms with Crippen LogP contribution in [0.15, 0.2) is 35.4 Å². The summed E-state index contributed by atoms with van der Waals surface area (Å²) in [5, 5.41) is 4.16. The van der Waals surface area contributed by atoms with Gasteiger partial charge in [-0.15, -0.1) is 0 Å². The first-order valence-corrected chi connectivity index (χ1v) is 9.44. The summed E-state index contributed by atoms with van der Waals surface area (Å²) in [6.45, 7) is 2.82. The minimum atomic E-state index is -3.66. The summed E-state index contributed by atoms with van der Waals surface area (Å²) in [6.07, 6.45) is 2.15. The summed E-state index contributed by atoms with van der Waals surface area (Å²) < 4.78 is 39.5. The molecule has 0 aliphatic rings. The van der Waals surface area contributed by atoms with Crippen molar-refractivity contribution in [2.75, 3.05) is 27.4 Å². The van der Waals surface area contributed by atoms with Crippen LogP contribution in [0.25, 0.3) is 0 Å². The Kier molecular flexibility index (Phi) is 6.57. The zero-order chi connectivity index (χ0) is 18.4. The van der Waals surface area contributed by atoms with Gasteiger partial charge in [0.1, 0.15) is 10.6 Å². The number of benzene rings is 1. The zero-order valence-electron chi connectivity index (χ0n) is 15.1. The summed E-state index contributed by atoms with van der Waals surface area (Å²) in [4.78, 5) is 0.232. The Labute approximate surface area is 149 Å². The molecule has 0 aliphatic carbocycles. The third kappa shape index (κ3) is 4.81. The number of hydrogen-bond acceptors (Lipinski definition) is 5. The summed E-state index contributed by atoms with van der Waals surface area (Å²) in [5.41, 5.74) is 1.35. The van der Waals surface area contributed by atoms with Gasteiger partial charge < -0.3 is 9.47 Å². The van der Waals surface area contributed by atoms with Crippen LogP contribution in [0.3, 0.4) is 0 Å². The SMILES string of the molecule is COCCCN(Cc1cccc(OC)c1)S(=O)(=O)c1cn(C)nc1C. The lowest BCUT2D eigenvalue weighted by Gasteiger charge is -2.22. The van der Waals surface area contributed by atoms with E-state index in [2.05, 4.69) is 5.10 Å². The molecule has 1 aromatic heterocycles. The molecule has 7 nitrogen and oxygen atoms in total. The van der Waals surface area contributed by atoms with E-state index < -0.39 is 10.0 Å². The smallest absolute Gasteiger partial charge is 0.246 e. The van der Waals surface area contributed by atoms with Crippen LogP contribution in [0.2, 0.25) is 0 Å². The van der Waals surface area contributed by atoms with Gasteiger partial charge in [0.05, 0.1) is 12.8 Å². The fourth-order valence-corrected chi connectivity index (χ4v) is 4.28. The molecule has 1 aromatic carbocycles. The Hall–Kier alpha value is -1.90. The Morgan fingerprint density at radius 2 is 2.04 bits per heavy atom. The molecule has 0 radical (unpaired) electrons. The first kappa shape index (κ1) is 19.4. The van der Waals surface area contributed by atoms with Crippen molar-refractivity contribution in [3.63, 3.8) is 0 Å². The van der Waals surface area contributed by atoms with Gasteiger partial charge in [0.25, 0.3) is 0 Å². The second-order valence-corrected chi connectivity index (χ2v) is 7.70. The molecule has 2 aromatic rings. The molecule has 25 heavy (non-hydrogen) atoms. The predicted octanol–water partition coefficient (Wildman–Crippen LogP) is 1.96. The Morgan fingerprint density at radius 3 is 2.64 bits per heavy atom. The number of methoxy groups -OCH3 is 2. The highest BCUT2D eigenvalue weighted by atomic mass is 32.2. The van der Waals surface area contributed by atoms with E-state index in [1.54, 1.807) is 34.4 Å². The van der Waals surface area contributed by atoms with Gasteiger partial charge in [-0.05, 0) is 31.0 Å². The maximum atomic E-state index is 13.1. The van der Waals surface area contributed by atoms with E-state index in [0.717, 1.165) is 5.56 Å². The van der Waals surface area contributed by atoms with E-state index >= 15 is 0 Å². The van der Waals surface area contributed by atoms with E-state index in [-0.39, 0.29) is 11.4 Å². The minimum Gasteiger partial charge on any atom is -0.497 e. The van der Waals surface area contributed by atoms with Crippen molar-refractivity contribution in [2.45, 2.75) is 24.8 Å². The Morgan fingerprint density at radius 1 is 1.28 bits per heavy atom. The Balaban J connectivity index is 2.32. The van der Waals surface area contributed by atoms with Crippen LogP contribution in [0.5, 0.6) is 5.75 Å². The van der Waals surface area contributed by atoms with Crippen LogP contribution in [0.1, 0.15) is 17.7 Å². The van der Waals surface area contributed by atoms with Crippen molar-refractivity contribution >= 4 is 10.0 Å². The van der Waals surface area contributed by atoms with Gasteiger partial charge in [-0.3, -0.25) is 4.68 Å². The highest BCUT2D eigenvalue weighted by Gasteiger charge is 2.28. The van der Waals surface area contributed by atoms with E-state index in [4.69, 9.17) is 9.47 Å². The number of hydrogen-bond donors (Lipinski definition) is 0. The van der Waals surface area contributed by atoms with Crippen molar-refractivity contribution in [3.8, 4) is 5.75 Å². The van der Waals surface area contributed by atoms with Crippen LogP contribution in [0.4, 0.5) is 0 Å². The number of aryl methyl sites for hydroxylation is 2. The van der Waals surface area contributed by atoms with Gasteiger partial charge in [0.2, 0.25) is 10.0 Å². The largest absolute Gasteiger partial charge is 0.497 e. The fraction of sp³-hybridized carbons (Fsp3) is 0.471. The molecule has 0 atom stereocenters. The normalized spacial score (nSPS) is 11.9. The first-order valence-electron chi connectivity index (χ1n) is 8.00. The number of aromatic nitrogens is 2. The standard InChI is InChI=1S/C17H25N3O4S/c1-14-17(13-19(2)18-14)25(21,22)20(9-6-10-23-3)12-15-7-5-8-16(11-15)24-4/h5,7-8,11,13H,6,9-10,12H2,1-4H3. The summed E-state index contributed by atoms with van der Waals surface area (Å²) >= 11 is 0. The third-order valence-corrected chi connectivity index (χ3v) is 5.78. The molecule has 0 fully saturated rings. The average molecular weight is 367 g/mol. The Bertz CT molecular complexity index is 802. The third-order valence-electron chi connectivity index (χ3n) is 3.84. The van der Waals surface area contributed by atoms with E-state index in [1.165, 1.54) is 8.99 Å². The number of rotatable bonds is 9. The lowest BCUT2D eigenvalue weighted by Crippen LogP contribution is -2.32.